The predicted molar refractivity (Wildman–Crippen MR) is 92.9 cm³/mol. The molecule has 0 saturated carbocycles. The fourth-order valence-corrected chi connectivity index (χ4v) is 4.19. The number of halogens is 1. The first kappa shape index (κ1) is 15.0. The molecule has 0 aliphatic carbocycles. The van der Waals surface area contributed by atoms with Crippen LogP contribution >= 0.6 is 11.6 Å². The number of nitrogens with zero attached hydrogens (tertiary/aromatic N) is 2. The summed E-state index contributed by atoms with van der Waals surface area (Å²) in [5, 5.41) is 1.69. The molecule has 2 saturated heterocycles. The number of carbonyl (C=O) groups excluding carboxylic acids is 1. The SMILES string of the molecule is CC(C)N1C[C@H]2CN(C(=O)c3cc4cc(Cl)ccc4[nH]3)C[C@H]2C1. The van der Waals surface area contributed by atoms with Crippen molar-refractivity contribution in [3.05, 3.63) is 35.0 Å². The van der Waals surface area contributed by atoms with Crippen molar-refractivity contribution in [3.8, 4) is 0 Å². The quantitative estimate of drug-likeness (QED) is 0.917. The van der Waals surface area contributed by atoms with Crippen molar-refractivity contribution < 1.29 is 4.79 Å². The van der Waals surface area contributed by atoms with Crippen molar-refractivity contribution in [2.45, 2.75) is 19.9 Å². The van der Waals surface area contributed by atoms with Gasteiger partial charge in [0.2, 0.25) is 0 Å². The van der Waals surface area contributed by atoms with E-state index in [0.717, 1.165) is 37.1 Å². The van der Waals surface area contributed by atoms with Gasteiger partial charge in [-0.15, -0.1) is 0 Å². The number of carbonyl (C=O) groups is 1. The van der Waals surface area contributed by atoms with Crippen LogP contribution in [0.2, 0.25) is 5.02 Å². The molecular weight excluding hydrogens is 310 g/mol. The standard InChI is InChI=1S/C18H22ClN3O/c1-11(2)21-7-13-9-22(10-14(13)8-21)18(23)17-6-12-5-15(19)3-4-16(12)20-17/h3-6,11,13-14,20H,7-10H2,1-2H3/t13-,14+. The van der Waals surface area contributed by atoms with E-state index in [1.54, 1.807) is 0 Å². The van der Waals surface area contributed by atoms with Crippen LogP contribution in [0.3, 0.4) is 0 Å². The Labute approximate surface area is 141 Å². The smallest absolute Gasteiger partial charge is 0.270 e. The molecule has 2 aromatic rings. The van der Waals surface area contributed by atoms with Gasteiger partial charge in [0.25, 0.3) is 5.91 Å². The number of H-pyrrole nitrogens is 1. The van der Waals surface area contributed by atoms with E-state index in [0.29, 0.717) is 28.6 Å². The Balaban J connectivity index is 1.50. The number of aromatic nitrogens is 1. The van der Waals surface area contributed by atoms with Crippen molar-refractivity contribution in [1.29, 1.82) is 0 Å². The third kappa shape index (κ3) is 2.64. The number of hydrogen-bond donors (Lipinski definition) is 1. The summed E-state index contributed by atoms with van der Waals surface area (Å²) in [6, 6.07) is 8.17. The number of hydrogen-bond acceptors (Lipinski definition) is 2. The molecule has 1 aromatic heterocycles. The van der Waals surface area contributed by atoms with Crippen LogP contribution < -0.4 is 0 Å². The Morgan fingerprint density at radius 1 is 1.17 bits per heavy atom. The Kier molecular flexibility index (Phi) is 3.62. The van der Waals surface area contributed by atoms with Gasteiger partial charge in [0, 0.05) is 48.1 Å². The molecule has 0 bridgehead atoms. The second kappa shape index (κ2) is 5.53. The molecule has 2 fully saturated rings. The van der Waals surface area contributed by atoms with Crippen LogP contribution in [-0.4, -0.2) is 52.9 Å². The van der Waals surface area contributed by atoms with Gasteiger partial charge in [-0.05, 0) is 49.9 Å². The molecule has 2 aliphatic rings. The molecule has 1 N–H and O–H groups in total. The monoisotopic (exact) mass is 331 g/mol. The van der Waals surface area contributed by atoms with E-state index < -0.39 is 0 Å². The topological polar surface area (TPSA) is 39.3 Å². The fraction of sp³-hybridized carbons (Fsp3) is 0.500. The maximum absolute atomic E-state index is 12.8. The molecule has 4 nitrogen and oxygen atoms in total. The molecule has 1 aromatic carbocycles. The second-order valence-corrected chi connectivity index (χ2v) is 7.63. The predicted octanol–water partition coefficient (Wildman–Crippen LogP) is 3.23. The highest BCUT2D eigenvalue weighted by atomic mass is 35.5. The first-order valence-electron chi connectivity index (χ1n) is 8.33. The first-order valence-corrected chi connectivity index (χ1v) is 8.70. The van der Waals surface area contributed by atoms with Crippen LogP contribution in [0.25, 0.3) is 10.9 Å². The van der Waals surface area contributed by atoms with Crippen LogP contribution in [0, 0.1) is 11.8 Å². The van der Waals surface area contributed by atoms with Gasteiger partial charge < -0.3 is 14.8 Å². The molecular formula is C18H22ClN3O. The zero-order valence-electron chi connectivity index (χ0n) is 13.6. The highest BCUT2D eigenvalue weighted by Gasteiger charge is 2.42. The molecule has 2 aliphatic heterocycles. The summed E-state index contributed by atoms with van der Waals surface area (Å²) in [6.45, 7) is 8.49. The summed E-state index contributed by atoms with van der Waals surface area (Å²) in [7, 11) is 0. The number of fused-ring (bicyclic) bond motifs is 2. The Hall–Kier alpha value is -1.52. The maximum Gasteiger partial charge on any atom is 0.270 e. The van der Waals surface area contributed by atoms with Crippen molar-refractivity contribution in [3.63, 3.8) is 0 Å². The van der Waals surface area contributed by atoms with Gasteiger partial charge >= 0.3 is 0 Å². The highest BCUT2D eigenvalue weighted by Crippen LogP contribution is 2.33. The number of rotatable bonds is 2. The summed E-state index contributed by atoms with van der Waals surface area (Å²) in [4.78, 5) is 20.6. The maximum atomic E-state index is 12.8. The van der Waals surface area contributed by atoms with Gasteiger partial charge in [-0.1, -0.05) is 11.6 Å². The third-order valence-corrected chi connectivity index (χ3v) is 5.58. The lowest BCUT2D eigenvalue weighted by atomic mass is 10.0. The lowest BCUT2D eigenvalue weighted by Gasteiger charge is -2.24. The summed E-state index contributed by atoms with van der Waals surface area (Å²) >= 11 is 6.02. The Morgan fingerprint density at radius 2 is 1.87 bits per heavy atom. The zero-order valence-corrected chi connectivity index (χ0v) is 14.3. The molecule has 0 spiro atoms. The molecule has 122 valence electrons. The van der Waals surface area contributed by atoms with Crippen LogP contribution in [0.1, 0.15) is 24.3 Å². The normalized spacial score (nSPS) is 24.8. The van der Waals surface area contributed by atoms with Gasteiger partial charge in [0.15, 0.2) is 0 Å². The van der Waals surface area contributed by atoms with E-state index in [1.807, 2.05) is 29.2 Å². The lowest BCUT2D eigenvalue weighted by Crippen LogP contribution is -2.35. The Morgan fingerprint density at radius 3 is 2.52 bits per heavy atom. The van der Waals surface area contributed by atoms with E-state index in [2.05, 4.69) is 23.7 Å². The van der Waals surface area contributed by atoms with Crippen LogP contribution in [0.15, 0.2) is 24.3 Å². The average Bonchev–Trinajstić information content (AvgIpc) is 3.17. The molecule has 5 heteroatoms. The van der Waals surface area contributed by atoms with Crippen molar-refractivity contribution in [1.82, 2.24) is 14.8 Å². The summed E-state index contributed by atoms with van der Waals surface area (Å²) < 4.78 is 0. The van der Waals surface area contributed by atoms with Gasteiger partial charge in [-0.2, -0.15) is 0 Å². The van der Waals surface area contributed by atoms with Gasteiger partial charge in [0.05, 0.1) is 0 Å². The van der Waals surface area contributed by atoms with E-state index in [9.17, 15) is 4.79 Å². The van der Waals surface area contributed by atoms with Crippen LogP contribution in [0.5, 0.6) is 0 Å². The molecule has 2 atom stereocenters. The minimum absolute atomic E-state index is 0.114. The van der Waals surface area contributed by atoms with Crippen LogP contribution in [0.4, 0.5) is 0 Å². The number of amides is 1. The van der Waals surface area contributed by atoms with Gasteiger partial charge in [-0.3, -0.25) is 4.79 Å². The number of aromatic amines is 1. The minimum Gasteiger partial charge on any atom is -0.351 e. The lowest BCUT2D eigenvalue weighted by molar-refractivity contribution is 0.0766. The average molecular weight is 332 g/mol. The second-order valence-electron chi connectivity index (χ2n) is 7.19. The molecule has 4 rings (SSSR count). The highest BCUT2D eigenvalue weighted by molar-refractivity contribution is 6.31. The number of likely N-dealkylation sites (tertiary alicyclic amines) is 2. The molecule has 1 amide bonds. The van der Waals surface area contributed by atoms with E-state index in [-0.39, 0.29) is 5.91 Å². The fourth-order valence-electron chi connectivity index (χ4n) is 4.01. The minimum atomic E-state index is 0.114. The van der Waals surface area contributed by atoms with E-state index in [4.69, 9.17) is 11.6 Å². The van der Waals surface area contributed by atoms with E-state index in [1.165, 1.54) is 0 Å². The molecule has 0 unspecified atom stereocenters. The molecule has 0 radical (unpaired) electrons. The number of nitrogens with one attached hydrogen (secondary N) is 1. The zero-order chi connectivity index (χ0) is 16.1. The van der Waals surface area contributed by atoms with Crippen molar-refractivity contribution in [2.75, 3.05) is 26.2 Å². The van der Waals surface area contributed by atoms with Gasteiger partial charge in [0.1, 0.15) is 5.69 Å². The largest absolute Gasteiger partial charge is 0.351 e. The van der Waals surface area contributed by atoms with E-state index >= 15 is 0 Å². The summed E-state index contributed by atoms with van der Waals surface area (Å²) in [5.41, 5.74) is 1.63. The van der Waals surface area contributed by atoms with Crippen LogP contribution in [-0.2, 0) is 0 Å². The Bertz CT molecular complexity index is 740. The first-order chi connectivity index (χ1) is 11.0. The molecule has 3 heterocycles. The van der Waals surface area contributed by atoms with Crippen molar-refractivity contribution in [2.24, 2.45) is 11.8 Å². The summed E-state index contributed by atoms with van der Waals surface area (Å²) in [6.07, 6.45) is 0. The summed E-state index contributed by atoms with van der Waals surface area (Å²) in [5.74, 6) is 1.36. The number of benzene rings is 1. The molecule has 23 heavy (non-hydrogen) atoms. The third-order valence-electron chi connectivity index (χ3n) is 5.35. The van der Waals surface area contributed by atoms with Gasteiger partial charge in [-0.25, -0.2) is 0 Å². The van der Waals surface area contributed by atoms with Crippen molar-refractivity contribution >= 4 is 28.4 Å².